The summed E-state index contributed by atoms with van der Waals surface area (Å²) in [4.78, 5) is 15.9. The van der Waals surface area contributed by atoms with Gasteiger partial charge in [0.2, 0.25) is 0 Å². The van der Waals surface area contributed by atoms with Crippen LogP contribution in [0.3, 0.4) is 0 Å². The Labute approximate surface area is 121 Å². The van der Waals surface area contributed by atoms with Crippen molar-refractivity contribution in [1.82, 2.24) is 15.0 Å². The van der Waals surface area contributed by atoms with Crippen LogP contribution in [0.4, 0.5) is 5.13 Å². The molecule has 5 heteroatoms. The highest BCUT2D eigenvalue weighted by Gasteiger charge is 2.20. The number of thiazole rings is 1. The topological polar surface area (TPSA) is 41.9 Å². The van der Waals surface area contributed by atoms with Crippen molar-refractivity contribution in [2.75, 3.05) is 11.4 Å². The minimum absolute atomic E-state index is 0.832. The fraction of sp³-hybridized carbons (Fsp3) is 0.267. The Morgan fingerprint density at radius 3 is 3.00 bits per heavy atom. The Hall–Kier alpha value is -2.01. The number of aryl methyl sites for hydroxylation is 1. The van der Waals surface area contributed by atoms with Gasteiger partial charge in [-0.15, -0.1) is 0 Å². The van der Waals surface area contributed by atoms with E-state index in [1.165, 1.54) is 10.3 Å². The van der Waals surface area contributed by atoms with Gasteiger partial charge in [-0.2, -0.15) is 0 Å². The SMILES string of the molecule is Cc1ncc2c(n1)CN(c1nc3ccccc3s1)CC2. The molecule has 0 fully saturated rings. The highest BCUT2D eigenvalue weighted by Crippen LogP contribution is 2.31. The number of hydrogen-bond donors (Lipinski definition) is 0. The second-order valence-corrected chi connectivity index (χ2v) is 6.03. The zero-order chi connectivity index (χ0) is 13.5. The Bertz CT molecular complexity index is 747. The molecule has 0 saturated carbocycles. The molecule has 0 aliphatic carbocycles. The fourth-order valence-corrected chi connectivity index (χ4v) is 3.55. The van der Waals surface area contributed by atoms with Crippen LogP contribution in [0.1, 0.15) is 17.1 Å². The molecule has 0 spiro atoms. The zero-order valence-corrected chi connectivity index (χ0v) is 12.0. The average molecular weight is 282 g/mol. The van der Waals surface area contributed by atoms with Gasteiger partial charge in [-0.05, 0) is 31.0 Å². The molecule has 1 aliphatic rings. The first kappa shape index (κ1) is 11.8. The van der Waals surface area contributed by atoms with E-state index in [2.05, 4.69) is 33.1 Å². The fourth-order valence-electron chi connectivity index (χ4n) is 2.56. The van der Waals surface area contributed by atoms with Crippen molar-refractivity contribution in [3.63, 3.8) is 0 Å². The van der Waals surface area contributed by atoms with Crippen LogP contribution in [-0.2, 0) is 13.0 Å². The van der Waals surface area contributed by atoms with Crippen LogP contribution in [-0.4, -0.2) is 21.5 Å². The summed E-state index contributed by atoms with van der Waals surface area (Å²) in [7, 11) is 0. The van der Waals surface area contributed by atoms with Gasteiger partial charge in [0, 0.05) is 12.7 Å². The van der Waals surface area contributed by atoms with Gasteiger partial charge in [0.1, 0.15) is 5.82 Å². The molecule has 2 aromatic heterocycles. The van der Waals surface area contributed by atoms with Gasteiger partial charge < -0.3 is 4.90 Å². The maximum atomic E-state index is 4.73. The molecule has 0 amide bonds. The number of benzene rings is 1. The van der Waals surface area contributed by atoms with Crippen molar-refractivity contribution >= 4 is 26.7 Å². The molecule has 1 aliphatic heterocycles. The molecule has 0 saturated heterocycles. The van der Waals surface area contributed by atoms with E-state index < -0.39 is 0 Å². The monoisotopic (exact) mass is 282 g/mol. The second kappa shape index (κ2) is 4.52. The summed E-state index contributed by atoms with van der Waals surface area (Å²) in [6.07, 6.45) is 2.96. The number of aromatic nitrogens is 3. The number of nitrogens with zero attached hydrogens (tertiary/aromatic N) is 4. The Kier molecular flexibility index (Phi) is 2.67. The van der Waals surface area contributed by atoms with Gasteiger partial charge >= 0.3 is 0 Å². The first-order valence-electron chi connectivity index (χ1n) is 6.71. The summed E-state index contributed by atoms with van der Waals surface area (Å²) in [6, 6.07) is 8.29. The Morgan fingerprint density at radius 1 is 1.20 bits per heavy atom. The van der Waals surface area contributed by atoms with E-state index >= 15 is 0 Å². The molecule has 0 atom stereocenters. The predicted octanol–water partition coefficient (Wildman–Crippen LogP) is 2.96. The summed E-state index contributed by atoms with van der Waals surface area (Å²) in [5.74, 6) is 0.842. The number of para-hydroxylation sites is 1. The van der Waals surface area contributed by atoms with Crippen LogP contribution in [0.2, 0.25) is 0 Å². The highest BCUT2D eigenvalue weighted by atomic mass is 32.1. The number of anilines is 1. The first-order chi connectivity index (χ1) is 9.79. The molecule has 3 aromatic rings. The van der Waals surface area contributed by atoms with Gasteiger partial charge in [-0.25, -0.2) is 15.0 Å². The summed E-state index contributed by atoms with van der Waals surface area (Å²) >= 11 is 1.75. The molecule has 0 radical (unpaired) electrons. The van der Waals surface area contributed by atoms with Crippen LogP contribution in [0.5, 0.6) is 0 Å². The summed E-state index contributed by atoms with van der Waals surface area (Å²) in [6.45, 7) is 3.76. The van der Waals surface area contributed by atoms with E-state index in [4.69, 9.17) is 4.98 Å². The molecule has 4 rings (SSSR count). The van der Waals surface area contributed by atoms with Crippen LogP contribution < -0.4 is 4.90 Å². The molecule has 1 aromatic carbocycles. The molecular weight excluding hydrogens is 268 g/mol. The number of hydrogen-bond acceptors (Lipinski definition) is 5. The van der Waals surface area contributed by atoms with Crippen molar-refractivity contribution < 1.29 is 0 Å². The van der Waals surface area contributed by atoms with Crippen LogP contribution in [0.15, 0.2) is 30.5 Å². The smallest absolute Gasteiger partial charge is 0.186 e. The quantitative estimate of drug-likeness (QED) is 0.688. The summed E-state index contributed by atoms with van der Waals surface area (Å²) in [5.41, 5.74) is 3.49. The van der Waals surface area contributed by atoms with E-state index in [1.54, 1.807) is 11.3 Å². The van der Waals surface area contributed by atoms with Gasteiger partial charge in [0.05, 0.1) is 22.5 Å². The van der Waals surface area contributed by atoms with Crippen molar-refractivity contribution in [2.45, 2.75) is 19.9 Å². The molecule has 0 N–H and O–H groups in total. The minimum atomic E-state index is 0.832. The largest absolute Gasteiger partial charge is 0.342 e. The maximum Gasteiger partial charge on any atom is 0.186 e. The number of rotatable bonds is 1. The normalized spacial score (nSPS) is 14.6. The second-order valence-electron chi connectivity index (χ2n) is 5.02. The van der Waals surface area contributed by atoms with Gasteiger partial charge in [-0.1, -0.05) is 23.5 Å². The lowest BCUT2D eigenvalue weighted by molar-refractivity contribution is 0.696. The first-order valence-corrected chi connectivity index (χ1v) is 7.53. The van der Waals surface area contributed by atoms with Crippen molar-refractivity contribution in [2.24, 2.45) is 0 Å². The van der Waals surface area contributed by atoms with Crippen LogP contribution in [0.25, 0.3) is 10.2 Å². The Morgan fingerprint density at radius 2 is 2.10 bits per heavy atom. The van der Waals surface area contributed by atoms with Crippen molar-refractivity contribution in [3.8, 4) is 0 Å². The third-order valence-electron chi connectivity index (χ3n) is 3.62. The lowest BCUT2D eigenvalue weighted by atomic mass is 10.1. The molecule has 20 heavy (non-hydrogen) atoms. The van der Waals surface area contributed by atoms with E-state index in [9.17, 15) is 0 Å². The average Bonchev–Trinajstić information content (AvgIpc) is 2.90. The maximum absolute atomic E-state index is 4.73. The molecule has 3 heterocycles. The third-order valence-corrected chi connectivity index (χ3v) is 4.72. The molecule has 4 nitrogen and oxygen atoms in total. The van der Waals surface area contributed by atoms with E-state index in [1.807, 2.05) is 19.2 Å². The lowest BCUT2D eigenvalue weighted by Crippen LogP contribution is -2.31. The zero-order valence-electron chi connectivity index (χ0n) is 11.2. The van der Waals surface area contributed by atoms with Crippen molar-refractivity contribution in [1.29, 1.82) is 0 Å². The van der Waals surface area contributed by atoms with Gasteiger partial charge in [0.25, 0.3) is 0 Å². The predicted molar refractivity (Wildman–Crippen MR) is 81.1 cm³/mol. The van der Waals surface area contributed by atoms with Gasteiger partial charge in [0.15, 0.2) is 5.13 Å². The number of fused-ring (bicyclic) bond motifs is 2. The standard InChI is InChI=1S/C15H14N4S/c1-10-16-8-11-6-7-19(9-13(11)17-10)15-18-12-4-2-3-5-14(12)20-15/h2-5,8H,6-7,9H2,1H3. The summed E-state index contributed by atoms with van der Waals surface area (Å²) in [5, 5.41) is 1.09. The molecular formula is C15H14N4S. The van der Waals surface area contributed by atoms with Crippen LogP contribution in [0, 0.1) is 6.92 Å². The van der Waals surface area contributed by atoms with E-state index in [0.717, 1.165) is 41.7 Å². The third kappa shape index (κ3) is 1.94. The van der Waals surface area contributed by atoms with E-state index in [0.29, 0.717) is 0 Å². The molecule has 100 valence electrons. The minimum Gasteiger partial charge on any atom is -0.342 e. The van der Waals surface area contributed by atoms with Crippen molar-refractivity contribution in [3.05, 3.63) is 47.5 Å². The lowest BCUT2D eigenvalue weighted by Gasteiger charge is -2.27. The van der Waals surface area contributed by atoms with Gasteiger partial charge in [-0.3, -0.25) is 0 Å². The van der Waals surface area contributed by atoms with Crippen LogP contribution >= 0.6 is 11.3 Å². The van der Waals surface area contributed by atoms with E-state index in [-0.39, 0.29) is 0 Å². The molecule has 0 bridgehead atoms. The highest BCUT2D eigenvalue weighted by molar-refractivity contribution is 7.22. The molecule has 0 unspecified atom stereocenters. The Balaban J connectivity index is 1.70. The summed E-state index contributed by atoms with van der Waals surface area (Å²) < 4.78 is 1.24.